The highest BCUT2D eigenvalue weighted by molar-refractivity contribution is 5.76. The first-order valence-corrected chi connectivity index (χ1v) is 29.7. The first-order chi connectivity index (χ1) is 33.8. The van der Waals surface area contributed by atoms with E-state index in [9.17, 15) is 30.3 Å². The van der Waals surface area contributed by atoms with Gasteiger partial charge >= 0.3 is 0 Å². The molecule has 9 nitrogen and oxygen atoms in total. The monoisotopic (exact) mass is 976 g/mol. The van der Waals surface area contributed by atoms with Crippen molar-refractivity contribution < 1.29 is 39.8 Å². The Morgan fingerprint density at radius 2 is 0.826 bits per heavy atom. The van der Waals surface area contributed by atoms with Crippen LogP contribution in [-0.4, -0.2) is 87.5 Å². The van der Waals surface area contributed by atoms with Gasteiger partial charge in [-0.25, -0.2) is 0 Å². The molecule has 0 bridgehead atoms. The van der Waals surface area contributed by atoms with E-state index in [4.69, 9.17) is 9.47 Å². The summed E-state index contributed by atoms with van der Waals surface area (Å²) in [5.74, 6) is -0.183. The minimum Gasteiger partial charge on any atom is -0.394 e. The van der Waals surface area contributed by atoms with Gasteiger partial charge in [-0.1, -0.05) is 256 Å². The normalized spacial score (nSPS) is 19.7. The second-order valence-electron chi connectivity index (χ2n) is 20.8. The van der Waals surface area contributed by atoms with E-state index in [1.54, 1.807) is 6.08 Å². The van der Waals surface area contributed by atoms with Gasteiger partial charge in [0.25, 0.3) is 0 Å². The predicted molar refractivity (Wildman–Crippen MR) is 290 cm³/mol. The number of carbonyl (C=O) groups excluding carboxylic acids is 1. The van der Waals surface area contributed by atoms with Crippen LogP contribution in [0.25, 0.3) is 0 Å². The van der Waals surface area contributed by atoms with Crippen LogP contribution in [0, 0.1) is 0 Å². The number of aliphatic hydroxyl groups is 5. The Morgan fingerprint density at radius 1 is 0.478 bits per heavy atom. The first kappa shape index (κ1) is 65.4. The van der Waals surface area contributed by atoms with Crippen LogP contribution in [0.15, 0.2) is 36.5 Å². The largest absolute Gasteiger partial charge is 0.394 e. The Bertz CT molecular complexity index is 1180. The van der Waals surface area contributed by atoms with E-state index in [-0.39, 0.29) is 12.5 Å². The van der Waals surface area contributed by atoms with Gasteiger partial charge in [0, 0.05) is 6.42 Å². The standard InChI is InChI=1S/C60H113NO8/c1-3-5-7-9-11-13-15-17-18-19-20-21-22-23-24-25-26-27-28-29-30-31-32-33-34-35-36-38-40-42-44-46-48-50-56(64)61-53(52-68-60-59(67)58(66)57(65)55(51-62)69-60)54(63)49-47-45-43-41-39-37-16-14-12-10-8-6-4-2/h19-20,39,41,47,49,53-55,57-60,62-63,65-67H,3-18,21-38,40,42-46,48,50-52H2,1-2H3,(H,61,64)/b20-19-,41-39+,49-47+. The molecule has 1 rings (SSSR count). The maximum atomic E-state index is 13.0. The van der Waals surface area contributed by atoms with Crippen molar-refractivity contribution in [3.63, 3.8) is 0 Å². The highest BCUT2D eigenvalue weighted by atomic mass is 16.7. The van der Waals surface area contributed by atoms with Gasteiger partial charge in [-0.05, 0) is 57.8 Å². The Labute approximate surface area is 425 Å². The summed E-state index contributed by atoms with van der Waals surface area (Å²) < 4.78 is 11.2. The fourth-order valence-electron chi connectivity index (χ4n) is 9.46. The summed E-state index contributed by atoms with van der Waals surface area (Å²) in [5.41, 5.74) is 0. The number of hydrogen-bond donors (Lipinski definition) is 6. The molecular formula is C60H113NO8. The van der Waals surface area contributed by atoms with Crippen LogP contribution in [0.5, 0.6) is 0 Å². The molecule has 0 aromatic carbocycles. The summed E-state index contributed by atoms with van der Waals surface area (Å²) in [5, 5.41) is 54.4. The molecule has 1 aliphatic heterocycles. The molecule has 1 heterocycles. The van der Waals surface area contributed by atoms with Crippen LogP contribution in [0.3, 0.4) is 0 Å². The second kappa shape index (κ2) is 50.0. The zero-order chi connectivity index (χ0) is 50.1. The average Bonchev–Trinajstić information content (AvgIpc) is 3.35. The molecule has 0 aromatic rings. The smallest absolute Gasteiger partial charge is 0.220 e. The van der Waals surface area contributed by atoms with Crippen LogP contribution in [0.2, 0.25) is 0 Å². The van der Waals surface area contributed by atoms with Gasteiger partial charge in [0.1, 0.15) is 24.4 Å². The van der Waals surface area contributed by atoms with Crippen molar-refractivity contribution in [1.82, 2.24) is 5.32 Å². The molecule has 7 atom stereocenters. The zero-order valence-corrected chi connectivity index (χ0v) is 45.1. The fourth-order valence-corrected chi connectivity index (χ4v) is 9.46. The van der Waals surface area contributed by atoms with Crippen molar-refractivity contribution in [2.24, 2.45) is 0 Å². The second-order valence-corrected chi connectivity index (χ2v) is 20.8. The maximum absolute atomic E-state index is 13.0. The fraction of sp³-hybridized carbons (Fsp3) is 0.883. The molecule has 0 saturated carbocycles. The maximum Gasteiger partial charge on any atom is 0.220 e. The average molecular weight is 977 g/mol. The summed E-state index contributed by atoms with van der Waals surface area (Å²) in [6.07, 6.45) is 58.1. The lowest BCUT2D eigenvalue weighted by Crippen LogP contribution is -2.60. The van der Waals surface area contributed by atoms with Crippen LogP contribution in [0.4, 0.5) is 0 Å². The number of rotatable bonds is 51. The van der Waals surface area contributed by atoms with E-state index in [1.165, 1.54) is 225 Å². The number of carbonyl (C=O) groups is 1. The lowest BCUT2D eigenvalue weighted by atomic mass is 9.99. The Morgan fingerprint density at radius 3 is 1.22 bits per heavy atom. The van der Waals surface area contributed by atoms with E-state index in [1.807, 2.05) is 6.08 Å². The van der Waals surface area contributed by atoms with E-state index in [0.717, 1.165) is 38.5 Å². The SMILES string of the molecule is CCCCCCCCC/C=C/CC/C=C/C(O)C(COC1OC(CO)C(O)C(O)C1O)NC(=O)CCCCCCCCCCCCCCCCCCCCCCC/C=C\CCCCCCCCCC. The summed E-state index contributed by atoms with van der Waals surface area (Å²) in [6.45, 7) is 3.77. The van der Waals surface area contributed by atoms with Gasteiger partial charge in [0.05, 0.1) is 25.4 Å². The number of amides is 1. The van der Waals surface area contributed by atoms with Crippen molar-refractivity contribution >= 4 is 5.91 Å². The molecule has 1 saturated heterocycles. The number of hydrogen-bond acceptors (Lipinski definition) is 8. The summed E-state index contributed by atoms with van der Waals surface area (Å²) in [4.78, 5) is 13.0. The molecule has 1 amide bonds. The first-order valence-electron chi connectivity index (χ1n) is 29.7. The molecule has 9 heteroatoms. The van der Waals surface area contributed by atoms with Crippen molar-refractivity contribution in [3.05, 3.63) is 36.5 Å². The van der Waals surface area contributed by atoms with Crippen molar-refractivity contribution in [1.29, 1.82) is 0 Å². The molecule has 7 unspecified atom stereocenters. The lowest BCUT2D eigenvalue weighted by molar-refractivity contribution is -0.302. The number of aliphatic hydroxyl groups excluding tert-OH is 5. The number of ether oxygens (including phenoxy) is 2. The van der Waals surface area contributed by atoms with Gasteiger partial charge in [0.15, 0.2) is 6.29 Å². The van der Waals surface area contributed by atoms with E-state index >= 15 is 0 Å². The Balaban J connectivity index is 2.10. The molecule has 1 fully saturated rings. The van der Waals surface area contributed by atoms with E-state index in [2.05, 4.69) is 43.5 Å². The highest BCUT2D eigenvalue weighted by Crippen LogP contribution is 2.23. The van der Waals surface area contributed by atoms with Crippen molar-refractivity contribution in [3.8, 4) is 0 Å². The van der Waals surface area contributed by atoms with Crippen LogP contribution < -0.4 is 5.32 Å². The number of unbranched alkanes of at least 4 members (excludes halogenated alkanes) is 37. The highest BCUT2D eigenvalue weighted by Gasteiger charge is 2.44. The van der Waals surface area contributed by atoms with Gasteiger partial charge in [-0.3, -0.25) is 4.79 Å². The Kier molecular flexibility index (Phi) is 47.4. The lowest BCUT2D eigenvalue weighted by Gasteiger charge is -2.40. The van der Waals surface area contributed by atoms with Gasteiger partial charge in [0.2, 0.25) is 5.91 Å². The van der Waals surface area contributed by atoms with Crippen LogP contribution in [0.1, 0.15) is 284 Å². The third-order valence-electron chi connectivity index (χ3n) is 14.2. The number of nitrogens with one attached hydrogen (secondary N) is 1. The molecule has 0 radical (unpaired) electrons. The topological polar surface area (TPSA) is 149 Å². The third-order valence-corrected chi connectivity index (χ3v) is 14.2. The van der Waals surface area contributed by atoms with Crippen LogP contribution >= 0.6 is 0 Å². The zero-order valence-electron chi connectivity index (χ0n) is 45.1. The van der Waals surface area contributed by atoms with Crippen molar-refractivity contribution in [2.45, 2.75) is 326 Å². The summed E-state index contributed by atoms with van der Waals surface area (Å²) in [7, 11) is 0. The molecule has 0 aromatic heterocycles. The molecule has 6 N–H and O–H groups in total. The van der Waals surface area contributed by atoms with Gasteiger partial charge < -0.3 is 40.3 Å². The molecule has 0 aliphatic carbocycles. The van der Waals surface area contributed by atoms with Crippen molar-refractivity contribution in [2.75, 3.05) is 13.2 Å². The van der Waals surface area contributed by atoms with E-state index in [0.29, 0.717) is 6.42 Å². The molecule has 406 valence electrons. The molecule has 69 heavy (non-hydrogen) atoms. The molecule has 1 aliphatic rings. The summed E-state index contributed by atoms with van der Waals surface area (Å²) in [6, 6.07) is -0.819. The Hall–Kier alpha value is -1.59. The summed E-state index contributed by atoms with van der Waals surface area (Å²) >= 11 is 0. The molecule has 0 spiro atoms. The van der Waals surface area contributed by atoms with Gasteiger partial charge in [-0.2, -0.15) is 0 Å². The van der Waals surface area contributed by atoms with E-state index < -0.39 is 49.5 Å². The molecular weight excluding hydrogens is 863 g/mol. The number of allylic oxidation sites excluding steroid dienone is 5. The van der Waals surface area contributed by atoms with Crippen LogP contribution in [-0.2, 0) is 14.3 Å². The predicted octanol–water partition coefficient (Wildman–Crippen LogP) is 14.7. The third kappa shape index (κ3) is 39.6. The quantitative estimate of drug-likeness (QED) is 0.0261. The minimum atomic E-state index is -1.57. The minimum absolute atomic E-state index is 0.183. The van der Waals surface area contributed by atoms with Gasteiger partial charge in [-0.15, -0.1) is 0 Å².